The van der Waals surface area contributed by atoms with Gasteiger partial charge >= 0.3 is 0 Å². The molecule has 2 aromatic carbocycles. The van der Waals surface area contributed by atoms with Gasteiger partial charge in [-0.25, -0.2) is 5.01 Å². The van der Waals surface area contributed by atoms with E-state index >= 15 is 0 Å². The number of rotatable bonds is 5. The van der Waals surface area contributed by atoms with Crippen LogP contribution in [0.4, 0.5) is 5.69 Å². The van der Waals surface area contributed by atoms with E-state index in [2.05, 4.69) is 5.43 Å². The van der Waals surface area contributed by atoms with E-state index in [4.69, 9.17) is 10.5 Å². The van der Waals surface area contributed by atoms with Crippen molar-refractivity contribution < 1.29 is 19.1 Å². The average molecular weight is 337 g/mol. The number of nitrogens with two attached hydrogens (primary N) is 1. The lowest BCUT2D eigenvalue weighted by Crippen LogP contribution is -2.35. The molecule has 25 heavy (non-hydrogen) atoms. The third kappa shape index (κ3) is 3.66. The van der Waals surface area contributed by atoms with Crippen molar-refractivity contribution in [3.8, 4) is 5.75 Å². The summed E-state index contributed by atoms with van der Waals surface area (Å²) in [6, 6.07) is 15.4. The van der Waals surface area contributed by atoms with Crippen molar-refractivity contribution in [2.24, 2.45) is 5.73 Å². The molecule has 7 heteroatoms. The third-order valence-corrected chi connectivity index (χ3v) is 3.48. The number of primary amides is 1. The molecule has 3 N–H and O–H groups in total. The number of amides is 3. The first-order valence-corrected chi connectivity index (χ1v) is 7.48. The molecule has 0 aliphatic carbocycles. The smallest absolute Gasteiger partial charge is 0.282 e. The van der Waals surface area contributed by atoms with Gasteiger partial charge in [-0.2, -0.15) is 0 Å². The maximum atomic E-state index is 12.5. The van der Waals surface area contributed by atoms with Crippen molar-refractivity contribution in [3.63, 3.8) is 0 Å². The Bertz CT molecular complexity index is 844. The second kappa shape index (κ2) is 6.88. The Morgan fingerprint density at radius 2 is 1.76 bits per heavy atom. The van der Waals surface area contributed by atoms with Gasteiger partial charge in [-0.1, -0.05) is 30.3 Å². The Morgan fingerprint density at radius 1 is 1.08 bits per heavy atom. The van der Waals surface area contributed by atoms with E-state index in [0.29, 0.717) is 17.0 Å². The molecule has 0 radical (unpaired) electrons. The van der Waals surface area contributed by atoms with Gasteiger partial charge in [0.1, 0.15) is 11.3 Å². The van der Waals surface area contributed by atoms with Crippen molar-refractivity contribution in [3.05, 3.63) is 65.7 Å². The monoisotopic (exact) mass is 337 g/mol. The summed E-state index contributed by atoms with van der Waals surface area (Å²) in [4.78, 5) is 35.3. The average Bonchev–Trinajstić information content (AvgIpc) is 2.90. The van der Waals surface area contributed by atoms with Crippen LogP contribution in [0.1, 0.15) is 5.56 Å². The second-order valence-corrected chi connectivity index (χ2v) is 5.30. The number of nitrogens with one attached hydrogen (secondary N) is 1. The quantitative estimate of drug-likeness (QED) is 0.628. The SMILES string of the molecule is NC(=O)COc1ccc(/C=C2/C(=O)NN(c3ccccc3)C2=O)cc1. The topological polar surface area (TPSA) is 102 Å². The standard InChI is InChI=1S/C18H15N3O4/c19-16(22)11-25-14-8-6-12(7-9-14)10-15-17(23)20-21(18(15)24)13-4-2-1-3-5-13/h1-10H,11H2,(H2,19,22)(H,20,23)/b15-10-. The predicted octanol–water partition coefficient (Wildman–Crippen LogP) is 1.01. The molecule has 0 spiro atoms. The number of carbonyl (C=O) groups is 3. The predicted molar refractivity (Wildman–Crippen MR) is 91.2 cm³/mol. The zero-order valence-corrected chi connectivity index (χ0v) is 13.1. The molecule has 7 nitrogen and oxygen atoms in total. The maximum absolute atomic E-state index is 12.5. The molecule has 1 aliphatic heterocycles. The van der Waals surface area contributed by atoms with E-state index < -0.39 is 17.7 Å². The summed E-state index contributed by atoms with van der Waals surface area (Å²) in [5.74, 6) is -0.998. The van der Waals surface area contributed by atoms with Gasteiger partial charge in [0, 0.05) is 0 Å². The minimum atomic E-state index is -0.569. The number of anilines is 1. The molecule has 0 saturated carbocycles. The summed E-state index contributed by atoms with van der Waals surface area (Å²) in [5, 5.41) is 1.21. The molecule has 0 bridgehead atoms. The van der Waals surface area contributed by atoms with Gasteiger partial charge in [0.25, 0.3) is 17.7 Å². The Labute approximate surface area is 143 Å². The fourth-order valence-corrected chi connectivity index (χ4v) is 2.30. The first-order valence-electron chi connectivity index (χ1n) is 7.48. The Balaban J connectivity index is 1.78. The van der Waals surface area contributed by atoms with Crippen molar-refractivity contribution in [2.75, 3.05) is 11.6 Å². The fourth-order valence-electron chi connectivity index (χ4n) is 2.30. The molecule has 126 valence electrons. The number of hydrogen-bond acceptors (Lipinski definition) is 4. The molecule has 1 heterocycles. The van der Waals surface area contributed by atoms with Crippen LogP contribution < -0.4 is 20.9 Å². The highest BCUT2D eigenvalue weighted by Crippen LogP contribution is 2.22. The van der Waals surface area contributed by atoms with Crippen LogP contribution in [-0.2, 0) is 14.4 Å². The first kappa shape index (κ1) is 16.3. The largest absolute Gasteiger partial charge is 0.484 e. The first-order chi connectivity index (χ1) is 12.0. The second-order valence-electron chi connectivity index (χ2n) is 5.30. The summed E-state index contributed by atoms with van der Waals surface area (Å²) >= 11 is 0. The van der Waals surface area contributed by atoms with E-state index in [9.17, 15) is 14.4 Å². The number of benzene rings is 2. The Morgan fingerprint density at radius 3 is 2.40 bits per heavy atom. The lowest BCUT2D eigenvalue weighted by molar-refractivity contribution is -0.120. The molecule has 2 aromatic rings. The van der Waals surface area contributed by atoms with Crippen LogP contribution in [0.25, 0.3) is 6.08 Å². The van der Waals surface area contributed by atoms with Gasteiger partial charge in [0.15, 0.2) is 6.61 Å². The molecule has 1 saturated heterocycles. The van der Waals surface area contributed by atoms with Crippen LogP contribution in [0.5, 0.6) is 5.75 Å². The highest BCUT2D eigenvalue weighted by molar-refractivity contribution is 6.31. The minimum Gasteiger partial charge on any atom is -0.484 e. The van der Waals surface area contributed by atoms with E-state index in [1.54, 1.807) is 48.5 Å². The molecule has 0 aromatic heterocycles. The summed E-state index contributed by atoms with van der Waals surface area (Å²) in [7, 11) is 0. The number of hydrazine groups is 1. The van der Waals surface area contributed by atoms with Crippen LogP contribution in [0.15, 0.2) is 60.2 Å². The lowest BCUT2D eigenvalue weighted by atomic mass is 10.1. The minimum absolute atomic E-state index is 0.0367. The van der Waals surface area contributed by atoms with Crippen LogP contribution in [-0.4, -0.2) is 24.3 Å². The van der Waals surface area contributed by atoms with Crippen LogP contribution in [0.2, 0.25) is 0 Å². The maximum Gasteiger partial charge on any atom is 0.282 e. The summed E-state index contributed by atoms with van der Waals surface area (Å²) < 4.78 is 5.16. The molecule has 1 fully saturated rings. The molecule has 1 aliphatic rings. The number of carbonyl (C=O) groups excluding carboxylic acids is 3. The van der Waals surface area contributed by atoms with Gasteiger partial charge in [0.05, 0.1) is 5.69 Å². The summed E-state index contributed by atoms with van der Waals surface area (Å²) in [5.41, 5.74) is 8.82. The normalized spacial score (nSPS) is 15.4. The third-order valence-electron chi connectivity index (χ3n) is 3.48. The van der Waals surface area contributed by atoms with Crippen molar-refractivity contribution >= 4 is 29.5 Å². The zero-order valence-electron chi connectivity index (χ0n) is 13.1. The molecule has 0 unspecified atom stereocenters. The van der Waals surface area contributed by atoms with Crippen molar-refractivity contribution in [1.29, 1.82) is 0 Å². The Hall–Kier alpha value is -3.61. The van der Waals surface area contributed by atoms with Gasteiger partial charge in [0.2, 0.25) is 0 Å². The van der Waals surface area contributed by atoms with Gasteiger partial charge in [-0.05, 0) is 35.9 Å². The van der Waals surface area contributed by atoms with Gasteiger partial charge in [-0.3, -0.25) is 19.8 Å². The van der Waals surface area contributed by atoms with Gasteiger partial charge in [-0.15, -0.1) is 0 Å². The van der Waals surface area contributed by atoms with Crippen LogP contribution in [0.3, 0.4) is 0 Å². The van der Waals surface area contributed by atoms with Crippen molar-refractivity contribution in [2.45, 2.75) is 0 Å². The molecular formula is C18H15N3O4. The van der Waals surface area contributed by atoms with E-state index in [1.165, 1.54) is 11.1 Å². The zero-order chi connectivity index (χ0) is 17.8. The van der Waals surface area contributed by atoms with Crippen molar-refractivity contribution in [1.82, 2.24) is 5.43 Å². The number of ether oxygens (including phenoxy) is 1. The van der Waals surface area contributed by atoms with E-state index in [-0.39, 0.29) is 12.2 Å². The fraction of sp³-hybridized carbons (Fsp3) is 0.0556. The molecule has 0 atom stereocenters. The lowest BCUT2D eigenvalue weighted by Gasteiger charge is -2.13. The number of hydrogen-bond donors (Lipinski definition) is 2. The molecule has 3 amide bonds. The molecular weight excluding hydrogens is 322 g/mol. The summed E-state index contributed by atoms with van der Waals surface area (Å²) in [6.45, 7) is -0.215. The van der Waals surface area contributed by atoms with Crippen LogP contribution >= 0.6 is 0 Å². The molecule has 3 rings (SSSR count). The van der Waals surface area contributed by atoms with Crippen LogP contribution in [0, 0.1) is 0 Å². The highest BCUT2D eigenvalue weighted by Gasteiger charge is 2.34. The number of para-hydroxylation sites is 1. The van der Waals surface area contributed by atoms with E-state index in [0.717, 1.165) is 0 Å². The highest BCUT2D eigenvalue weighted by atomic mass is 16.5. The van der Waals surface area contributed by atoms with E-state index in [1.807, 2.05) is 6.07 Å². The number of nitrogens with zero attached hydrogens (tertiary/aromatic N) is 1. The Kier molecular flexibility index (Phi) is 4.47. The van der Waals surface area contributed by atoms with Gasteiger partial charge < -0.3 is 10.5 Å². The summed E-state index contributed by atoms with van der Waals surface area (Å²) in [6.07, 6.45) is 1.50.